The molecule has 0 saturated carbocycles. The maximum absolute atomic E-state index is 13.6. The summed E-state index contributed by atoms with van der Waals surface area (Å²) in [5, 5.41) is 5.47. The number of benzene rings is 2. The zero-order chi connectivity index (χ0) is 22.8. The normalized spacial score (nSPS) is 11.0. The minimum Gasteiger partial charge on any atom is -0.497 e. The van der Waals surface area contributed by atoms with Crippen LogP contribution in [0, 0.1) is 5.82 Å². The van der Waals surface area contributed by atoms with Crippen LogP contribution in [-0.2, 0) is 11.8 Å². The van der Waals surface area contributed by atoms with E-state index in [0.717, 1.165) is 16.7 Å². The van der Waals surface area contributed by atoms with Gasteiger partial charge in [-0.3, -0.25) is 0 Å². The third-order valence-electron chi connectivity index (χ3n) is 5.09. The number of thioether (sulfide) groups is 1. The number of halogens is 1. The van der Waals surface area contributed by atoms with E-state index in [-0.39, 0.29) is 12.4 Å². The number of ether oxygens (including phenoxy) is 2. The number of methoxy groups -OCH3 is 1. The number of hydrogen-bond acceptors (Lipinski definition) is 6. The van der Waals surface area contributed by atoms with Gasteiger partial charge >= 0.3 is 5.97 Å². The minimum atomic E-state index is -0.477. The predicted octanol–water partition coefficient (Wildman–Crippen LogP) is 5.35. The Morgan fingerprint density at radius 3 is 2.28 bits per heavy atom. The van der Waals surface area contributed by atoms with Gasteiger partial charge in [0.05, 0.1) is 24.8 Å². The first-order valence-corrected chi connectivity index (χ1v) is 11.2. The van der Waals surface area contributed by atoms with Gasteiger partial charge in [0.15, 0.2) is 5.65 Å². The highest BCUT2D eigenvalue weighted by atomic mass is 32.2. The zero-order valence-corrected chi connectivity index (χ0v) is 19.0. The van der Waals surface area contributed by atoms with Crippen LogP contribution < -0.4 is 4.74 Å². The van der Waals surface area contributed by atoms with Crippen molar-refractivity contribution in [3.8, 4) is 28.3 Å². The molecule has 4 rings (SSSR count). The second-order valence-corrected chi connectivity index (χ2v) is 7.81. The number of pyridine rings is 1. The Kier molecular flexibility index (Phi) is 6.14. The molecule has 0 aliphatic heterocycles. The highest BCUT2D eigenvalue weighted by molar-refractivity contribution is 7.99. The number of esters is 1. The van der Waals surface area contributed by atoms with Crippen molar-refractivity contribution in [1.29, 1.82) is 0 Å². The molecule has 2 heterocycles. The Morgan fingerprint density at radius 1 is 1.06 bits per heavy atom. The number of aryl methyl sites for hydroxylation is 1. The van der Waals surface area contributed by atoms with Crippen LogP contribution in [0.1, 0.15) is 17.3 Å². The van der Waals surface area contributed by atoms with Crippen molar-refractivity contribution in [1.82, 2.24) is 14.8 Å². The van der Waals surface area contributed by atoms with E-state index in [0.29, 0.717) is 33.1 Å². The first kappa shape index (κ1) is 21.8. The molecule has 0 N–H and O–H groups in total. The SMILES string of the molecule is CCOC(=O)c1c(-c2ccc(F)cc2)nc2c(c(-c3ccc(OC)cc3)nn2C)c1SC. The van der Waals surface area contributed by atoms with Crippen molar-refractivity contribution in [2.45, 2.75) is 11.8 Å². The Bertz CT molecular complexity index is 1290. The van der Waals surface area contributed by atoms with E-state index in [1.165, 1.54) is 23.9 Å². The molecule has 8 heteroatoms. The maximum Gasteiger partial charge on any atom is 0.341 e. The van der Waals surface area contributed by atoms with E-state index >= 15 is 0 Å². The molecule has 0 atom stereocenters. The summed E-state index contributed by atoms with van der Waals surface area (Å²) < 4.78 is 25.9. The second-order valence-electron chi connectivity index (χ2n) is 7.00. The summed E-state index contributed by atoms with van der Waals surface area (Å²) in [6.07, 6.45) is 1.90. The molecule has 0 aliphatic carbocycles. The average molecular weight is 452 g/mol. The molecule has 2 aromatic heterocycles. The predicted molar refractivity (Wildman–Crippen MR) is 124 cm³/mol. The molecular formula is C24H22FN3O3S. The van der Waals surface area contributed by atoms with Crippen LogP contribution in [-0.4, -0.2) is 40.7 Å². The summed E-state index contributed by atoms with van der Waals surface area (Å²) in [5.74, 6) is -0.0990. The number of aromatic nitrogens is 3. The summed E-state index contributed by atoms with van der Waals surface area (Å²) in [6, 6.07) is 13.5. The highest BCUT2D eigenvalue weighted by Crippen LogP contribution is 2.40. The lowest BCUT2D eigenvalue weighted by Crippen LogP contribution is -2.10. The number of carbonyl (C=O) groups is 1. The lowest BCUT2D eigenvalue weighted by molar-refractivity contribution is 0.0523. The van der Waals surface area contributed by atoms with Gasteiger partial charge in [-0.15, -0.1) is 11.8 Å². The Morgan fingerprint density at radius 2 is 1.69 bits per heavy atom. The molecule has 32 heavy (non-hydrogen) atoms. The summed E-state index contributed by atoms with van der Waals surface area (Å²) in [7, 11) is 3.43. The van der Waals surface area contributed by atoms with Gasteiger partial charge in [-0.2, -0.15) is 5.10 Å². The molecule has 0 spiro atoms. The molecular weight excluding hydrogens is 429 g/mol. The summed E-state index contributed by atoms with van der Waals surface area (Å²) in [5.41, 5.74) is 3.60. The average Bonchev–Trinajstić information content (AvgIpc) is 3.14. The minimum absolute atomic E-state index is 0.228. The lowest BCUT2D eigenvalue weighted by atomic mass is 10.0. The standard InChI is InChI=1S/C24H22FN3O3S/c1-5-31-24(29)19-20(14-6-10-16(25)11-7-14)26-23-18(22(19)32-4)21(27-28(23)2)15-8-12-17(30-3)13-9-15/h6-13H,5H2,1-4H3. The topological polar surface area (TPSA) is 66.2 Å². The van der Waals surface area contributed by atoms with E-state index in [1.54, 1.807) is 30.8 Å². The molecule has 0 bridgehead atoms. The fraction of sp³-hybridized carbons (Fsp3) is 0.208. The number of hydrogen-bond donors (Lipinski definition) is 0. The fourth-order valence-corrected chi connectivity index (χ4v) is 4.39. The smallest absolute Gasteiger partial charge is 0.341 e. The number of carbonyl (C=O) groups excluding carboxylic acids is 1. The van der Waals surface area contributed by atoms with Gasteiger partial charge in [-0.1, -0.05) is 0 Å². The summed E-state index contributed by atoms with van der Waals surface area (Å²) in [6.45, 7) is 1.99. The fourth-order valence-electron chi connectivity index (χ4n) is 3.61. The van der Waals surface area contributed by atoms with Crippen molar-refractivity contribution in [2.24, 2.45) is 7.05 Å². The molecule has 0 saturated heterocycles. The largest absolute Gasteiger partial charge is 0.497 e. The molecule has 164 valence electrons. The van der Waals surface area contributed by atoms with Gasteiger partial charge in [0.2, 0.25) is 0 Å². The van der Waals surface area contributed by atoms with Crippen LogP contribution in [0.25, 0.3) is 33.5 Å². The molecule has 0 fully saturated rings. The molecule has 0 unspecified atom stereocenters. The summed E-state index contributed by atoms with van der Waals surface area (Å²) >= 11 is 1.43. The first-order valence-electron chi connectivity index (χ1n) is 10.0. The van der Waals surface area contributed by atoms with Crippen LogP contribution in [0.2, 0.25) is 0 Å². The summed E-state index contributed by atoms with van der Waals surface area (Å²) in [4.78, 5) is 18.6. The number of fused-ring (bicyclic) bond motifs is 1. The first-order chi connectivity index (χ1) is 15.5. The van der Waals surface area contributed by atoms with Gasteiger partial charge < -0.3 is 9.47 Å². The molecule has 4 aromatic rings. The van der Waals surface area contributed by atoms with Gasteiger partial charge in [0, 0.05) is 23.1 Å². The molecule has 2 aromatic carbocycles. The van der Waals surface area contributed by atoms with Gasteiger partial charge in [-0.25, -0.2) is 18.9 Å². The van der Waals surface area contributed by atoms with E-state index in [1.807, 2.05) is 37.6 Å². The Balaban J connectivity index is 2.05. The Labute approximate surface area is 189 Å². The van der Waals surface area contributed by atoms with E-state index in [2.05, 4.69) is 0 Å². The quantitative estimate of drug-likeness (QED) is 0.291. The number of nitrogens with zero attached hydrogens (tertiary/aromatic N) is 3. The van der Waals surface area contributed by atoms with Crippen LogP contribution >= 0.6 is 11.8 Å². The highest BCUT2D eigenvalue weighted by Gasteiger charge is 2.27. The zero-order valence-electron chi connectivity index (χ0n) is 18.2. The molecule has 0 aliphatic rings. The monoisotopic (exact) mass is 451 g/mol. The third kappa shape index (κ3) is 3.82. The van der Waals surface area contributed by atoms with Crippen LogP contribution in [0.4, 0.5) is 4.39 Å². The van der Waals surface area contributed by atoms with E-state index in [9.17, 15) is 9.18 Å². The molecule has 6 nitrogen and oxygen atoms in total. The van der Waals surface area contributed by atoms with Crippen LogP contribution in [0.15, 0.2) is 53.4 Å². The van der Waals surface area contributed by atoms with E-state index in [4.69, 9.17) is 19.6 Å². The van der Waals surface area contributed by atoms with Gasteiger partial charge in [0.25, 0.3) is 0 Å². The third-order valence-corrected chi connectivity index (χ3v) is 5.91. The molecule has 0 amide bonds. The van der Waals surface area contributed by atoms with Gasteiger partial charge in [-0.05, 0) is 61.7 Å². The Hall–Kier alpha value is -3.39. The lowest BCUT2D eigenvalue weighted by Gasteiger charge is -2.14. The van der Waals surface area contributed by atoms with Crippen molar-refractivity contribution >= 4 is 28.8 Å². The van der Waals surface area contributed by atoms with Crippen molar-refractivity contribution in [3.05, 3.63) is 59.9 Å². The van der Waals surface area contributed by atoms with Crippen molar-refractivity contribution < 1.29 is 18.7 Å². The van der Waals surface area contributed by atoms with Crippen molar-refractivity contribution in [3.63, 3.8) is 0 Å². The van der Waals surface area contributed by atoms with Crippen LogP contribution in [0.3, 0.4) is 0 Å². The van der Waals surface area contributed by atoms with Crippen molar-refractivity contribution in [2.75, 3.05) is 20.0 Å². The van der Waals surface area contributed by atoms with Crippen LogP contribution in [0.5, 0.6) is 5.75 Å². The molecule has 0 radical (unpaired) electrons. The van der Waals surface area contributed by atoms with Gasteiger partial charge in [0.1, 0.15) is 22.8 Å². The van der Waals surface area contributed by atoms with E-state index < -0.39 is 5.97 Å². The second kappa shape index (κ2) is 9.00. The maximum atomic E-state index is 13.6. The number of rotatable bonds is 6.